The van der Waals surface area contributed by atoms with Crippen molar-refractivity contribution in [2.45, 2.75) is 51.3 Å². The highest BCUT2D eigenvalue weighted by Gasteiger charge is 2.16. The third-order valence-electron chi connectivity index (χ3n) is 2.03. The summed E-state index contributed by atoms with van der Waals surface area (Å²) >= 11 is 1.18. The molecule has 1 heterocycles. The van der Waals surface area contributed by atoms with Gasteiger partial charge >= 0.3 is 5.97 Å². The van der Waals surface area contributed by atoms with Crippen LogP contribution in [0.25, 0.3) is 0 Å². The van der Waals surface area contributed by atoms with E-state index in [1.807, 2.05) is 27.7 Å². The maximum absolute atomic E-state index is 11.6. The average molecular weight is 284 g/mol. The molecule has 0 saturated carbocycles. The summed E-state index contributed by atoms with van der Waals surface area (Å²) in [5, 5.41) is 0.460. The third-order valence-corrected chi connectivity index (χ3v) is 2.87. The minimum atomic E-state index is -0.497. The van der Waals surface area contributed by atoms with Gasteiger partial charge in [0.2, 0.25) is 0 Å². The Morgan fingerprint density at radius 3 is 2.74 bits per heavy atom. The molecule has 106 valence electrons. The van der Waals surface area contributed by atoms with Crippen LogP contribution in [0, 0.1) is 0 Å². The highest BCUT2D eigenvalue weighted by molar-refractivity contribution is 7.99. The van der Waals surface area contributed by atoms with Crippen LogP contribution >= 0.6 is 11.8 Å². The van der Waals surface area contributed by atoms with Crippen molar-refractivity contribution in [1.29, 1.82) is 0 Å². The molecule has 0 atom stereocenters. The number of hydrogen-bond donors (Lipinski definition) is 1. The van der Waals surface area contributed by atoms with E-state index in [9.17, 15) is 9.59 Å². The smallest absolute Gasteiger partial charge is 0.316 e. The lowest BCUT2D eigenvalue weighted by Crippen LogP contribution is -2.25. The number of ether oxygens (including phenoxy) is 1. The average Bonchev–Trinajstić information content (AvgIpc) is 2.24. The highest BCUT2D eigenvalue weighted by Crippen LogP contribution is 2.14. The summed E-state index contributed by atoms with van der Waals surface area (Å²) in [7, 11) is 0. The molecule has 19 heavy (non-hydrogen) atoms. The zero-order valence-corrected chi connectivity index (χ0v) is 12.6. The summed E-state index contributed by atoms with van der Waals surface area (Å²) in [5.74, 6) is -0.184. The summed E-state index contributed by atoms with van der Waals surface area (Å²) in [6.45, 7) is 7.48. The monoisotopic (exact) mass is 284 g/mol. The summed E-state index contributed by atoms with van der Waals surface area (Å²) in [5.41, 5.74) is 0.0609. The summed E-state index contributed by atoms with van der Waals surface area (Å²) in [6.07, 6.45) is 1.68. The molecule has 1 aromatic rings. The molecule has 0 bridgehead atoms. The van der Waals surface area contributed by atoms with Gasteiger partial charge in [0.15, 0.2) is 5.16 Å². The molecule has 0 aliphatic heterocycles. The number of nitrogens with zero attached hydrogens (tertiary/aromatic N) is 1. The number of esters is 1. The Morgan fingerprint density at radius 1 is 1.47 bits per heavy atom. The maximum atomic E-state index is 11.6. The van der Waals surface area contributed by atoms with Crippen molar-refractivity contribution in [3.63, 3.8) is 0 Å². The van der Waals surface area contributed by atoms with Crippen LogP contribution in [0.3, 0.4) is 0 Å². The molecule has 0 saturated heterocycles. The molecule has 0 amide bonds. The van der Waals surface area contributed by atoms with Gasteiger partial charge in [0.1, 0.15) is 5.60 Å². The van der Waals surface area contributed by atoms with E-state index in [0.29, 0.717) is 5.16 Å². The van der Waals surface area contributed by atoms with Gasteiger partial charge < -0.3 is 9.72 Å². The Labute approximate surface area is 117 Å². The standard InChI is InChI=1S/C13H20N2O3S/c1-5-6-9-7-10(16)15-12(14-9)19-8-11(17)18-13(2,3)4/h7H,5-6,8H2,1-4H3,(H,14,15,16). The van der Waals surface area contributed by atoms with E-state index < -0.39 is 5.60 Å². The number of hydrogen-bond acceptors (Lipinski definition) is 5. The fraction of sp³-hybridized carbons (Fsp3) is 0.615. The highest BCUT2D eigenvalue weighted by atomic mass is 32.2. The lowest BCUT2D eigenvalue weighted by atomic mass is 10.2. The lowest BCUT2D eigenvalue weighted by Gasteiger charge is -2.19. The molecule has 1 N–H and O–H groups in total. The zero-order valence-electron chi connectivity index (χ0n) is 11.8. The molecule has 0 aliphatic carbocycles. The molecule has 5 nitrogen and oxygen atoms in total. The Balaban J connectivity index is 2.62. The minimum Gasteiger partial charge on any atom is -0.459 e. The SMILES string of the molecule is CCCc1cc(=O)[nH]c(SCC(=O)OC(C)(C)C)n1. The molecule has 1 rings (SSSR count). The molecule has 0 fully saturated rings. The topological polar surface area (TPSA) is 72.0 Å². The van der Waals surface area contributed by atoms with Gasteiger partial charge in [-0.2, -0.15) is 0 Å². The normalized spacial score (nSPS) is 11.4. The molecule has 0 aromatic carbocycles. The van der Waals surface area contributed by atoms with Crippen LogP contribution in [0.1, 0.15) is 39.8 Å². The Kier molecular flexibility index (Phi) is 5.60. The molecule has 0 unspecified atom stereocenters. The quantitative estimate of drug-likeness (QED) is 0.509. The first-order valence-electron chi connectivity index (χ1n) is 6.25. The lowest BCUT2D eigenvalue weighted by molar-refractivity contribution is -0.151. The Bertz CT molecular complexity index is 491. The number of nitrogens with one attached hydrogen (secondary N) is 1. The van der Waals surface area contributed by atoms with Crippen LogP contribution in [-0.2, 0) is 16.0 Å². The van der Waals surface area contributed by atoms with Gasteiger partial charge in [-0.3, -0.25) is 9.59 Å². The van der Waals surface area contributed by atoms with Crippen molar-refractivity contribution in [2.75, 3.05) is 5.75 Å². The first kappa shape index (κ1) is 15.8. The summed E-state index contributed by atoms with van der Waals surface area (Å²) in [4.78, 5) is 29.9. The third kappa shape index (κ3) is 6.42. The predicted octanol–water partition coefficient (Wildman–Crippen LogP) is 2.16. The maximum Gasteiger partial charge on any atom is 0.316 e. The first-order chi connectivity index (χ1) is 8.80. The van der Waals surface area contributed by atoms with Crippen LogP contribution in [-0.4, -0.2) is 27.3 Å². The number of aromatic amines is 1. The number of thioether (sulfide) groups is 1. The van der Waals surface area contributed by atoms with Gasteiger partial charge in [-0.05, 0) is 27.2 Å². The summed E-state index contributed by atoms with van der Waals surface area (Å²) in [6, 6.07) is 1.49. The fourth-order valence-electron chi connectivity index (χ4n) is 1.43. The van der Waals surface area contributed by atoms with E-state index in [4.69, 9.17) is 4.74 Å². The molecule has 1 aromatic heterocycles. The molecule has 0 aliphatic rings. The predicted molar refractivity (Wildman–Crippen MR) is 75.4 cm³/mol. The molecule has 0 radical (unpaired) electrons. The molecule has 0 spiro atoms. The van der Waals surface area contributed by atoms with Crippen molar-refractivity contribution < 1.29 is 9.53 Å². The van der Waals surface area contributed by atoms with Crippen molar-refractivity contribution in [1.82, 2.24) is 9.97 Å². The van der Waals surface area contributed by atoms with E-state index in [1.54, 1.807) is 0 Å². The second-order valence-electron chi connectivity index (χ2n) is 5.17. The van der Waals surface area contributed by atoms with Crippen LogP contribution in [0.2, 0.25) is 0 Å². The summed E-state index contributed by atoms with van der Waals surface area (Å²) < 4.78 is 5.19. The van der Waals surface area contributed by atoms with Gasteiger partial charge in [0.25, 0.3) is 5.56 Å². The van der Waals surface area contributed by atoms with Crippen LogP contribution in [0.15, 0.2) is 16.0 Å². The van der Waals surface area contributed by atoms with Crippen LogP contribution < -0.4 is 5.56 Å². The van der Waals surface area contributed by atoms with Crippen LogP contribution in [0.5, 0.6) is 0 Å². The number of aromatic nitrogens is 2. The first-order valence-corrected chi connectivity index (χ1v) is 7.23. The Morgan fingerprint density at radius 2 is 2.16 bits per heavy atom. The number of aryl methyl sites for hydroxylation is 1. The largest absolute Gasteiger partial charge is 0.459 e. The number of carbonyl (C=O) groups excluding carboxylic acids is 1. The van der Waals surface area contributed by atoms with Crippen molar-refractivity contribution >= 4 is 17.7 Å². The number of H-pyrrole nitrogens is 1. The molecule has 6 heteroatoms. The second-order valence-corrected chi connectivity index (χ2v) is 6.13. The van der Waals surface area contributed by atoms with E-state index >= 15 is 0 Å². The van der Waals surface area contributed by atoms with E-state index in [2.05, 4.69) is 9.97 Å². The molecular weight excluding hydrogens is 264 g/mol. The Hall–Kier alpha value is -1.30. The second kappa shape index (κ2) is 6.75. The van der Waals surface area contributed by atoms with Crippen molar-refractivity contribution in [2.24, 2.45) is 0 Å². The minimum absolute atomic E-state index is 0.135. The van der Waals surface area contributed by atoms with E-state index in [1.165, 1.54) is 17.8 Å². The van der Waals surface area contributed by atoms with E-state index in [-0.39, 0.29) is 17.3 Å². The van der Waals surface area contributed by atoms with E-state index in [0.717, 1.165) is 18.5 Å². The zero-order chi connectivity index (χ0) is 14.5. The van der Waals surface area contributed by atoms with Gasteiger partial charge in [-0.25, -0.2) is 4.98 Å². The van der Waals surface area contributed by atoms with Gasteiger partial charge in [-0.1, -0.05) is 25.1 Å². The number of rotatable bonds is 5. The molecular formula is C13H20N2O3S. The number of carbonyl (C=O) groups is 1. The fourth-order valence-corrected chi connectivity index (χ4v) is 2.10. The van der Waals surface area contributed by atoms with Crippen molar-refractivity contribution in [3.8, 4) is 0 Å². The van der Waals surface area contributed by atoms with Crippen molar-refractivity contribution in [3.05, 3.63) is 22.1 Å². The van der Waals surface area contributed by atoms with Gasteiger partial charge in [-0.15, -0.1) is 0 Å². The van der Waals surface area contributed by atoms with Gasteiger partial charge in [0, 0.05) is 11.8 Å². The van der Waals surface area contributed by atoms with Crippen LogP contribution in [0.4, 0.5) is 0 Å². The van der Waals surface area contributed by atoms with Gasteiger partial charge in [0.05, 0.1) is 5.75 Å².